The minimum atomic E-state index is -4.27. The molecule has 2 aliphatic rings. The molecule has 0 atom stereocenters. The van der Waals surface area contributed by atoms with Gasteiger partial charge >= 0.3 is 6.18 Å². The van der Waals surface area contributed by atoms with Crippen LogP contribution in [0.1, 0.15) is 24.0 Å². The van der Waals surface area contributed by atoms with E-state index in [0.29, 0.717) is 12.6 Å². The minimum absolute atomic E-state index is 0.554. The molecular weight excluding hydrogens is 323 g/mol. The number of hydrogen-bond donors (Lipinski definition) is 2. The molecule has 0 bridgehead atoms. The molecule has 1 aliphatic heterocycles. The summed E-state index contributed by atoms with van der Waals surface area (Å²) in [7, 11) is 0. The average Bonchev–Trinajstić information content (AvgIpc) is 3.31. The van der Waals surface area contributed by atoms with Crippen molar-refractivity contribution >= 4 is 17.3 Å². The van der Waals surface area contributed by atoms with Crippen molar-refractivity contribution in [1.82, 2.24) is 10.2 Å². The van der Waals surface area contributed by atoms with Crippen molar-refractivity contribution in [3.05, 3.63) is 35.4 Å². The van der Waals surface area contributed by atoms with E-state index in [0.717, 1.165) is 42.9 Å². The largest absolute Gasteiger partial charge is 0.416 e. The number of nitrogens with zero attached hydrogens (tertiary/aromatic N) is 1. The minimum Gasteiger partial charge on any atom is -0.360 e. The second-order valence-corrected chi connectivity index (χ2v) is 6.72. The Labute approximate surface area is 139 Å². The molecule has 3 rings (SSSR count). The van der Waals surface area contributed by atoms with E-state index in [1.807, 2.05) is 0 Å². The molecule has 2 N–H and O–H groups in total. The van der Waals surface area contributed by atoms with E-state index < -0.39 is 11.7 Å². The van der Waals surface area contributed by atoms with E-state index in [4.69, 9.17) is 12.2 Å². The molecule has 1 saturated heterocycles. The van der Waals surface area contributed by atoms with E-state index in [1.54, 1.807) is 6.07 Å². The summed E-state index contributed by atoms with van der Waals surface area (Å²) in [5.41, 5.74) is 0.171. The molecule has 126 valence electrons. The molecule has 0 spiro atoms. The quantitative estimate of drug-likeness (QED) is 0.810. The Kier molecular flexibility index (Phi) is 4.77. The lowest BCUT2D eigenvalue weighted by molar-refractivity contribution is -0.917. The number of nitrogens with one attached hydrogen (secondary N) is 2. The van der Waals surface area contributed by atoms with Gasteiger partial charge in [0.2, 0.25) is 0 Å². The summed E-state index contributed by atoms with van der Waals surface area (Å²) in [6, 6.07) is 6.20. The zero-order chi connectivity index (χ0) is 16.4. The summed E-state index contributed by atoms with van der Waals surface area (Å²) in [6.45, 7) is 4.12. The zero-order valence-corrected chi connectivity index (χ0v) is 13.6. The van der Waals surface area contributed by atoms with Gasteiger partial charge in [-0.3, -0.25) is 0 Å². The monoisotopic (exact) mass is 344 g/mol. The van der Waals surface area contributed by atoms with Gasteiger partial charge in [0.05, 0.1) is 31.7 Å². The molecule has 0 aromatic heterocycles. The maximum absolute atomic E-state index is 12.8. The van der Waals surface area contributed by atoms with Gasteiger partial charge in [0.1, 0.15) is 6.54 Å². The van der Waals surface area contributed by atoms with Crippen LogP contribution in [0.2, 0.25) is 0 Å². The zero-order valence-electron chi connectivity index (χ0n) is 12.8. The van der Waals surface area contributed by atoms with Crippen LogP contribution in [0.25, 0.3) is 0 Å². The first-order chi connectivity index (χ1) is 10.9. The number of quaternary nitrogens is 1. The molecule has 0 unspecified atom stereocenters. The van der Waals surface area contributed by atoms with Crippen molar-refractivity contribution < 1.29 is 18.1 Å². The highest BCUT2D eigenvalue weighted by Crippen LogP contribution is 2.29. The molecule has 3 nitrogen and oxygen atoms in total. The topological polar surface area (TPSA) is 19.7 Å². The van der Waals surface area contributed by atoms with Crippen molar-refractivity contribution in [3.8, 4) is 0 Å². The van der Waals surface area contributed by atoms with Crippen molar-refractivity contribution in [2.24, 2.45) is 0 Å². The predicted molar refractivity (Wildman–Crippen MR) is 86.2 cm³/mol. The first kappa shape index (κ1) is 16.5. The maximum atomic E-state index is 12.8. The van der Waals surface area contributed by atoms with Crippen LogP contribution in [0, 0.1) is 0 Å². The lowest BCUT2D eigenvalue weighted by Gasteiger charge is -2.34. The van der Waals surface area contributed by atoms with Gasteiger partial charge in [-0.25, -0.2) is 0 Å². The average molecular weight is 344 g/mol. The molecule has 0 amide bonds. The van der Waals surface area contributed by atoms with Crippen LogP contribution in [-0.4, -0.2) is 42.2 Å². The van der Waals surface area contributed by atoms with Crippen LogP contribution in [0.3, 0.4) is 0 Å². The van der Waals surface area contributed by atoms with Crippen LogP contribution in [0.4, 0.5) is 13.2 Å². The molecule has 1 aromatic rings. The number of piperazine rings is 1. The maximum Gasteiger partial charge on any atom is 0.416 e. The lowest BCUT2D eigenvalue weighted by Crippen LogP contribution is -3.13. The second kappa shape index (κ2) is 6.65. The Balaban J connectivity index is 1.51. The summed E-state index contributed by atoms with van der Waals surface area (Å²) in [5.74, 6) is 0. The number of rotatable bonds is 3. The Bertz CT molecular complexity index is 564. The normalized spacial score (nSPS) is 19.7. The third kappa shape index (κ3) is 4.57. The van der Waals surface area contributed by atoms with E-state index in [9.17, 15) is 13.2 Å². The number of halogens is 3. The fraction of sp³-hybridized carbons (Fsp3) is 0.562. The summed E-state index contributed by atoms with van der Waals surface area (Å²) < 4.78 is 38.3. The molecule has 23 heavy (non-hydrogen) atoms. The van der Waals surface area contributed by atoms with E-state index in [2.05, 4.69) is 10.2 Å². The van der Waals surface area contributed by atoms with Crippen LogP contribution < -0.4 is 10.2 Å². The van der Waals surface area contributed by atoms with Gasteiger partial charge in [0.15, 0.2) is 5.11 Å². The van der Waals surface area contributed by atoms with Crippen LogP contribution in [0.5, 0.6) is 0 Å². The highest BCUT2D eigenvalue weighted by atomic mass is 32.1. The smallest absolute Gasteiger partial charge is 0.360 e. The van der Waals surface area contributed by atoms with Crippen LogP contribution in [-0.2, 0) is 12.7 Å². The number of hydrogen-bond acceptors (Lipinski definition) is 1. The Hall–Kier alpha value is -1.34. The summed E-state index contributed by atoms with van der Waals surface area (Å²) in [5, 5.41) is 4.16. The standard InChI is InChI=1S/C16H20F3N3S/c17-16(18,19)13-3-1-2-12(10-13)11-21-6-8-22(9-7-21)15(23)20-14-4-5-14/h1-3,10,14H,4-9,11H2,(H,20,23)/p+1. The summed E-state index contributed by atoms with van der Waals surface area (Å²) in [6.07, 6.45) is -1.88. The molecule has 1 heterocycles. The van der Waals surface area contributed by atoms with Gasteiger partial charge in [-0.05, 0) is 37.2 Å². The third-order valence-electron chi connectivity index (χ3n) is 4.37. The molecule has 2 fully saturated rings. The fourth-order valence-electron chi connectivity index (χ4n) is 2.84. The SMILES string of the molecule is FC(F)(F)c1cccc(C[NH+]2CCN(C(=S)NC3CC3)CC2)c1. The molecule has 1 aromatic carbocycles. The van der Waals surface area contributed by atoms with Gasteiger partial charge in [0.25, 0.3) is 0 Å². The first-order valence-electron chi connectivity index (χ1n) is 7.97. The fourth-order valence-corrected chi connectivity index (χ4v) is 3.19. The highest BCUT2D eigenvalue weighted by molar-refractivity contribution is 7.80. The molecule has 1 saturated carbocycles. The second-order valence-electron chi connectivity index (χ2n) is 6.34. The van der Waals surface area contributed by atoms with Crippen LogP contribution in [0.15, 0.2) is 24.3 Å². The lowest BCUT2D eigenvalue weighted by atomic mass is 10.1. The summed E-state index contributed by atoms with van der Waals surface area (Å²) >= 11 is 5.40. The Morgan fingerprint density at radius 2 is 1.96 bits per heavy atom. The Morgan fingerprint density at radius 3 is 2.57 bits per heavy atom. The van der Waals surface area contributed by atoms with E-state index in [-0.39, 0.29) is 0 Å². The molecule has 0 radical (unpaired) electrons. The number of benzene rings is 1. The Morgan fingerprint density at radius 1 is 1.26 bits per heavy atom. The van der Waals surface area contributed by atoms with Crippen molar-refractivity contribution in [3.63, 3.8) is 0 Å². The van der Waals surface area contributed by atoms with E-state index in [1.165, 1.54) is 29.9 Å². The molecular formula is C16H21F3N3S+. The molecule has 1 aliphatic carbocycles. The van der Waals surface area contributed by atoms with Gasteiger partial charge < -0.3 is 15.1 Å². The van der Waals surface area contributed by atoms with E-state index >= 15 is 0 Å². The number of thiocarbonyl (C=S) groups is 1. The van der Waals surface area contributed by atoms with Crippen molar-refractivity contribution in [2.75, 3.05) is 26.2 Å². The van der Waals surface area contributed by atoms with Crippen LogP contribution >= 0.6 is 12.2 Å². The van der Waals surface area contributed by atoms with Crippen molar-refractivity contribution in [2.45, 2.75) is 31.6 Å². The van der Waals surface area contributed by atoms with Gasteiger partial charge in [-0.2, -0.15) is 13.2 Å². The number of alkyl halides is 3. The first-order valence-corrected chi connectivity index (χ1v) is 8.38. The van der Waals surface area contributed by atoms with Gasteiger partial charge in [0, 0.05) is 11.6 Å². The predicted octanol–water partition coefficient (Wildman–Crippen LogP) is 1.44. The van der Waals surface area contributed by atoms with Gasteiger partial charge in [-0.15, -0.1) is 0 Å². The van der Waals surface area contributed by atoms with Crippen molar-refractivity contribution in [1.29, 1.82) is 0 Å². The third-order valence-corrected chi connectivity index (χ3v) is 4.75. The highest BCUT2D eigenvalue weighted by Gasteiger charge is 2.31. The summed E-state index contributed by atoms with van der Waals surface area (Å²) in [4.78, 5) is 3.47. The molecule has 7 heteroatoms. The van der Waals surface area contributed by atoms with Gasteiger partial charge in [-0.1, -0.05) is 12.1 Å².